The van der Waals surface area contributed by atoms with E-state index in [0.717, 1.165) is 35.3 Å². The number of thioether (sulfide) groups is 2. The van der Waals surface area contributed by atoms with Crippen LogP contribution < -0.4 is 0 Å². The van der Waals surface area contributed by atoms with Crippen molar-refractivity contribution in [1.82, 2.24) is 24.7 Å². The number of aromatic nitrogens is 5. The summed E-state index contributed by atoms with van der Waals surface area (Å²) in [4.78, 5) is 20.6. The van der Waals surface area contributed by atoms with Gasteiger partial charge in [0.2, 0.25) is 0 Å². The van der Waals surface area contributed by atoms with Crippen molar-refractivity contribution < 1.29 is 22.7 Å². The predicted molar refractivity (Wildman–Crippen MR) is 115 cm³/mol. The SMILES string of the molecule is COC(=O)[C@H](C)Sc1nnc(CSc2nc(C)cc(C)n2)n1-c1cccc(C(F)(F)F)c1. The molecule has 0 bridgehead atoms. The second-order valence-corrected chi connectivity index (χ2v) is 9.04. The van der Waals surface area contributed by atoms with Gasteiger partial charge in [-0.25, -0.2) is 9.97 Å². The second kappa shape index (κ2) is 9.90. The van der Waals surface area contributed by atoms with Crippen LogP contribution in [0.15, 0.2) is 40.6 Å². The molecule has 2 heterocycles. The molecule has 1 aromatic carbocycles. The Balaban J connectivity index is 1.99. The number of rotatable bonds is 7. The number of ether oxygens (including phenoxy) is 1. The van der Waals surface area contributed by atoms with Crippen LogP contribution in [-0.4, -0.2) is 43.1 Å². The first-order valence-electron chi connectivity index (χ1n) is 9.40. The van der Waals surface area contributed by atoms with E-state index < -0.39 is 23.0 Å². The number of esters is 1. The van der Waals surface area contributed by atoms with Gasteiger partial charge in [0.15, 0.2) is 10.3 Å². The highest BCUT2D eigenvalue weighted by atomic mass is 32.2. The largest absolute Gasteiger partial charge is 0.468 e. The van der Waals surface area contributed by atoms with Gasteiger partial charge in [0, 0.05) is 11.4 Å². The zero-order chi connectivity index (χ0) is 23.5. The fourth-order valence-electron chi connectivity index (χ4n) is 2.81. The Labute approximate surface area is 191 Å². The fourth-order valence-corrected chi connectivity index (χ4v) is 4.59. The van der Waals surface area contributed by atoms with E-state index in [-0.39, 0.29) is 16.6 Å². The Bertz CT molecular complexity index is 1100. The van der Waals surface area contributed by atoms with Crippen LogP contribution in [0.1, 0.15) is 29.7 Å². The summed E-state index contributed by atoms with van der Waals surface area (Å²) in [5, 5.41) is 8.46. The van der Waals surface area contributed by atoms with Gasteiger partial charge in [0.05, 0.1) is 24.1 Å². The molecule has 170 valence electrons. The van der Waals surface area contributed by atoms with Crippen molar-refractivity contribution in [3.05, 3.63) is 53.1 Å². The summed E-state index contributed by atoms with van der Waals surface area (Å²) < 4.78 is 46.1. The van der Waals surface area contributed by atoms with Crippen molar-refractivity contribution >= 4 is 29.5 Å². The van der Waals surface area contributed by atoms with Crippen LogP contribution in [0.5, 0.6) is 0 Å². The number of hydrogen-bond acceptors (Lipinski definition) is 8. The fraction of sp³-hybridized carbons (Fsp3) is 0.350. The van der Waals surface area contributed by atoms with Crippen LogP contribution in [0, 0.1) is 13.8 Å². The molecule has 0 fully saturated rings. The Morgan fingerprint density at radius 3 is 2.47 bits per heavy atom. The second-order valence-electron chi connectivity index (χ2n) is 6.79. The number of methoxy groups -OCH3 is 1. The van der Waals surface area contributed by atoms with Gasteiger partial charge in [0.1, 0.15) is 11.1 Å². The molecule has 0 N–H and O–H groups in total. The minimum absolute atomic E-state index is 0.237. The Kier molecular flexibility index (Phi) is 7.44. The van der Waals surface area contributed by atoms with Crippen molar-refractivity contribution in [2.75, 3.05) is 7.11 Å². The van der Waals surface area contributed by atoms with Gasteiger partial charge in [-0.2, -0.15) is 13.2 Å². The monoisotopic (exact) mass is 483 g/mol. The molecule has 0 unspecified atom stereocenters. The first-order valence-corrected chi connectivity index (χ1v) is 11.3. The number of carbonyl (C=O) groups is 1. The molecule has 0 aliphatic carbocycles. The molecule has 0 amide bonds. The lowest BCUT2D eigenvalue weighted by Crippen LogP contribution is -2.16. The summed E-state index contributed by atoms with van der Waals surface area (Å²) in [6, 6.07) is 6.72. The van der Waals surface area contributed by atoms with Crippen molar-refractivity contribution in [2.45, 2.75) is 48.3 Å². The smallest absolute Gasteiger partial charge is 0.416 e. The van der Waals surface area contributed by atoms with Gasteiger partial charge in [-0.3, -0.25) is 9.36 Å². The number of nitrogens with zero attached hydrogens (tertiary/aromatic N) is 5. The van der Waals surface area contributed by atoms with Crippen LogP contribution in [0.25, 0.3) is 5.69 Å². The molecule has 32 heavy (non-hydrogen) atoms. The quantitative estimate of drug-likeness (QED) is 0.273. The highest BCUT2D eigenvalue weighted by Gasteiger charge is 2.31. The predicted octanol–water partition coefficient (Wildman–Crippen LogP) is 4.64. The summed E-state index contributed by atoms with van der Waals surface area (Å²) in [6.45, 7) is 5.33. The molecule has 2 aromatic heterocycles. The summed E-state index contributed by atoms with van der Waals surface area (Å²) in [6.07, 6.45) is -4.50. The van der Waals surface area contributed by atoms with Gasteiger partial charge in [-0.1, -0.05) is 29.6 Å². The molecular formula is C20H20F3N5O2S2. The van der Waals surface area contributed by atoms with E-state index in [2.05, 4.69) is 20.2 Å². The number of hydrogen-bond donors (Lipinski definition) is 0. The number of benzene rings is 1. The van der Waals surface area contributed by atoms with E-state index in [4.69, 9.17) is 4.74 Å². The van der Waals surface area contributed by atoms with E-state index in [0.29, 0.717) is 11.0 Å². The van der Waals surface area contributed by atoms with Crippen LogP contribution >= 0.6 is 23.5 Å². The molecule has 12 heteroatoms. The van der Waals surface area contributed by atoms with Crippen molar-refractivity contribution in [3.63, 3.8) is 0 Å². The molecule has 0 aliphatic rings. The van der Waals surface area contributed by atoms with Gasteiger partial charge < -0.3 is 4.74 Å². The maximum Gasteiger partial charge on any atom is 0.416 e. The van der Waals surface area contributed by atoms with Crippen molar-refractivity contribution in [3.8, 4) is 5.69 Å². The third kappa shape index (κ3) is 5.80. The minimum Gasteiger partial charge on any atom is -0.468 e. The van der Waals surface area contributed by atoms with Gasteiger partial charge in [-0.15, -0.1) is 10.2 Å². The summed E-state index contributed by atoms with van der Waals surface area (Å²) >= 11 is 2.35. The number of alkyl halides is 3. The highest BCUT2D eigenvalue weighted by molar-refractivity contribution is 8.00. The lowest BCUT2D eigenvalue weighted by molar-refractivity contribution is -0.139. The maximum absolute atomic E-state index is 13.3. The lowest BCUT2D eigenvalue weighted by Gasteiger charge is -2.14. The average Bonchev–Trinajstić information content (AvgIpc) is 3.12. The Morgan fingerprint density at radius 2 is 1.84 bits per heavy atom. The molecule has 7 nitrogen and oxygen atoms in total. The number of halogens is 3. The molecule has 0 saturated carbocycles. The minimum atomic E-state index is -4.50. The summed E-state index contributed by atoms with van der Waals surface area (Å²) in [7, 11) is 1.27. The van der Waals surface area contributed by atoms with E-state index in [1.165, 1.54) is 35.6 Å². The van der Waals surface area contributed by atoms with Crippen LogP contribution in [0.4, 0.5) is 13.2 Å². The molecule has 3 aromatic rings. The third-order valence-corrected chi connectivity index (χ3v) is 6.10. The normalized spacial score (nSPS) is 12.6. The maximum atomic E-state index is 13.3. The summed E-state index contributed by atoms with van der Waals surface area (Å²) in [5.74, 6) is 0.184. The van der Waals surface area contributed by atoms with E-state index in [1.54, 1.807) is 6.92 Å². The molecule has 0 radical (unpaired) electrons. The molecular weight excluding hydrogens is 463 g/mol. The average molecular weight is 484 g/mol. The molecule has 1 atom stereocenters. The first-order chi connectivity index (χ1) is 15.1. The number of carbonyl (C=O) groups excluding carboxylic acids is 1. The zero-order valence-corrected chi connectivity index (χ0v) is 19.3. The highest BCUT2D eigenvalue weighted by Crippen LogP contribution is 2.33. The van der Waals surface area contributed by atoms with Crippen LogP contribution in [0.2, 0.25) is 0 Å². The molecule has 0 spiro atoms. The Hall–Kier alpha value is -2.60. The summed E-state index contributed by atoms with van der Waals surface area (Å²) in [5.41, 5.74) is 1.06. The van der Waals surface area contributed by atoms with Gasteiger partial charge >= 0.3 is 12.1 Å². The van der Waals surface area contributed by atoms with Crippen LogP contribution in [0.3, 0.4) is 0 Å². The Morgan fingerprint density at radius 1 is 1.16 bits per heavy atom. The van der Waals surface area contributed by atoms with E-state index >= 15 is 0 Å². The van der Waals surface area contributed by atoms with E-state index in [1.807, 2.05) is 19.9 Å². The topological polar surface area (TPSA) is 82.8 Å². The van der Waals surface area contributed by atoms with Gasteiger partial charge in [0.25, 0.3) is 0 Å². The zero-order valence-electron chi connectivity index (χ0n) is 17.7. The van der Waals surface area contributed by atoms with Crippen LogP contribution in [-0.2, 0) is 21.5 Å². The first kappa shape index (κ1) is 24.1. The van der Waals surface area contributed by atoms with E-state index in [9.17, 15) is 18.0 Å². The number of aryl methyl sites for hydroxylation is 2. The molecule has 3 rings (SSSR count). The molecule has 0 saturated heterocycles. The third-order valence-electron chi connectivity index (χ3n) is 4.24. The van der Waals surface area contributed by atoms with Gasteiger partial charge in [-0.05, 0) is 45.0 Å². The lowest BCUT2D eigenvalue weighted by atomic mass is 10.2. The van der Waals surface area contributed by atoms with Crippen molar-refractivity contribution in [2.24, 2.45) is 0 Å². The standard InChI is InChI=1S/C20H20F3N5O2S2/c1-11-8-12(2)25-18(24-11)31-10-16-26-27-19(32-13(3)17(29)30-4)28(16)15-7-5-6-14(9-15)20(21,22)23/h5-9,13H,10H2,1-4H3/t13-/m0/s1. The van der Waals surface area contributed by atoms with Crippen molar-refractivity contribution in [1.29, 1.82) is 0 Å². The molecule has 0 aliphatic heterocycles.